The monoisotopic (exact) mass is 224 g/mol. The van der Waals surface area contributed by atoms with Crippen LogP contribution in [0.1, 0.15) is 37.3 Å². The zero-order valence-electron chi connectivity index (χ0n) is 9.35. The quantitative estimate of drug-likeness (QED) is 0.740. The van der Waals surface area contributed by atoms with E-state index >= 15 is 0 Å². The van der Waals surface area contributed by atoms with E-state index in [4.69, 9.17) is 11.6 Å². The normalized spacial score (nSPS) is 10.3. The predicted octanol–water partition coefficient (Wildman–Crippen LogP) is 3.95. The Hall–Kier alpha value is -0.820. The molecule has 0 aromatic heterocycles. The van der Waals surface area contributed by atoms with Crippen LogP contribution < -0.4 is 0 Å². The van der Waals surface area contributed by atoms with Crippen molar-refractivity contribution in [2.24, 2.45) is 0 Å². The Morgan fingerprint density at radius 1 is 1.33 bits per heavy atom. The summed E-state index contributed by atoms with van der Waals surface area (Å²) in [6.45, 7) is 4.04. The van der Waals surface area contributed by atoms with Gasteiger partial charge in [-0.25, -0.2) is 0 Å². The van der Waals surface area contributed by atoms with Crippen molar-refractivity contribution in [3.05, 3.63) is 34.3 Å². The molecule has 0 unspecified atom stereocenters. The maximum absolute atomic E-state index is 11.4. The Morgan fingerprint density at radius 2 is 2.07 bits per heavy atom. The van der Waals surface area contributed by atoms with E-state index in [1.165, 1.54) is 0 Å². The number of halogens is 1. The molecule has 0 N–H and O–H groups in total. The molecule has 1 aromatic rings. The molecule has 0 saturated carbocycles. The number of hydrogen-bond acceptors (Lipinski definition) is 1. The second-order valence-electron chi connectivity index (χ2n) is 3.88. The number of carbonyl (C=O) groups excluding carboxylic acids is 1. The second-order valence-corrected chi connectivity index (χ2v) is 4.29. The van der Waals surface area contributed by atoms with Gasteiger partial charge in [-0.2, -0.15) is 0 Å². The highest BCUT2D eigenvalue weighted by Crippen LogP contribution is 2.19. The summed E-state index contributed by atoms with van der Waals surface area (Å²) in [7, 11) is 0. The molecule has 0 amide bonds. The number of benzene rings is 1. The van der Waals surface area contributed by atoms with Crippen molar-refractivity contribution < 1.29 is 4.79 Å². The maximum Gasteiger partial charge on any atom is 0.133 e. The zero-order valence-corrected chi connectivity index (χ0v) is 10.1. The van der Waals surface area contributed by atoms with Crippen LogP contribution in [-0.4, -0.2) is 5.78 Å². The lowest BCUT2D eigenvalue weighted by molar-refractivity contribution is -0.119. The Morgan fingerprint density at radius 3 is 2.67 bits per heavy atom. The fourth-order valence-corrected chi connectivity index (χ4v) is 1.86. The van der Waals surface area contributed by atoms with E-state index in [1.54, 1.807) is 0 Å². The van der Waals surface area contributed by atoms with Crippen LogP contribution in [-0.2, 0) is 11.2 Å². The lowest BCUT2D eigenvalue weighted by atomic mass is 10.0. The lowest BCUT2D eigenvalue weighted by Gasteiger charge is -2.04. The summed E-state index contributed by atoms with van der Waals surface area (Å²) in [5.74, 6) is 0.328. The van der Waals surface area contributed by atoms with Crippen LogP contribution >= 0.6 is 11.6 Å². The molecular formula is C13H17ClO. The molecule has 0 spiro atoms. The molecular weight excluding hydrogens is 208 g/mol. The number of carbonyl (C=O) groups is 1. The molecule has 0 radical (unpaired) electrons. The average molecular weight is 225 g/mol. The van der Waals surface area contributed by atoms with Gasteiger partial charge in [0.15, 0.2) is 0 Å². The molecule has 1 nitrogen and oxygen atoms in total. The van der Waals surface area contributed by atoms with Gasteiger partial charge in [0, 0.05) is 17.9 Å². The second kappa shape index (κ2) is 5.92. The van der Waals surface area contributed by atoms with Crippen molar-refractivity contribution in [2.75, 3.05) is 0 Å². The highest BCUT2D eigenvalue weighted by Gasteiger charge is 2.04. The van der Waals surface area contributed by atoms with E-state index in [-0.39, 0.29) is 0 Å². The first-order valence-electron chi connectivity index (χ1n) is 5.40. The van der Waals surface area contributed by atoms with E-state index in [1.807, 2.05) is 32.0 Å². The maximum atomic E-state index is 11.4. The Labute approximate surface area is 96.5 Å². The first-order valence-corrected chi connectivity index (χ1v) is 5.78. The van der Waals surface area contributed by atoms with Crippen molar-refractivity contribution in [3.8, 4) is 0 Å². The van der Waals surface area contributed by atoms with Gasteiger partial charge in [0.25, 0.3) is 0 Å². The largest absolute Gasteiger partial charge is 0.300 e. The van der Waals surface area contributed by atoms with Crippen molar-refractivity contribution in [2.45, 2.75) is 39.5 Å². The molecule has 0 bridgehead atoms. The third-order valence-corrected chi connectivity index (χ3v) is 2.76. The van der Waals surface area contributed by atoms with E-state index in [2.05, 4.69) is 0 Å². The van der Waals surface area contributed by atoms with Crippen LogP contribution in [0.2, 0.25) is 5.02 Å². The van der Waals surface area contributed by atoms with Gasteiger partial charge in [-0.15, -0.1) is 0 Å². The fraction of sp³-hybridized carbons (Fsp3) is 0.462. The first kappa shape index (κ1) is 12.3. The number of rotatable bonds is 5. The van der Waals surface area contributed by atoms with Crippen LogP contribution in [0.25, 0.3) is 0 Å². The summed E-state index contributed by atoms with van der Waals surface area (Å²) < 4.78 is 0. The Balaban J connectivity index is 2.54. The highest BCUT2D eigenvalue weighted by molar-refractivity contribution is 6.31. The van der Waals surface area contributed by atoms with Crippen LogP contribution in [0.5, 0.6) is 0 Å². The summed E-state index contributed by atoms with van der Waals surface area (Å²) in [6.07, 6.45) is 2.98. The molecule has 0 aliphatic rings. The molecule has 0 heterocycles. The predicted molar refractivity (Wildman–Crippen MR) is 64.4 cm³/mol. The standard InChI is InChI=1S/C13H17ClO/c1-3-4-12(15)8-7-11-6-5-10(2)9-13(11)14/h5-6,9H,3-4,7-8H2,1-2H3. The van der Waals surface area contributed by atoms with Crippen molar-refractivity contribution >= 4 is 17.4 Å². The molecule has 1 rings (SSSR count). The van der Waals surface area contributed by atoms with Crippen molar-refractivity contribution in [1.29, 1.82) is 0 Å². The molecule has 2 heteroatoms. The third-order valence-electron chi connectivity index (χ3n) is 2.41. The summed E-state index contributed by atoms with van der Waals surface area (Å²) >= 11 is 6.08. The topological polar surface area (TPSA) is 17.1 Å². The molecule has 0 atom stereocenters. The molecule has 15 heavy (non-hydrogen) atoms. The summed E-state index contributed by atoms with van der Waals surface area (Å²) in [6, 6.07) is 5.99. The number of ketones is 1. The minimum Gasteiger partial charge on any atom is -0.300 e. The van der Waals surface area contributed by atoms with Gasteiger partial charge in [0.2, 0.25) is 0 Å². The van der Waals surface area contributed by atoms with Gasteiger partial charge in [0.05, 0.1) is 0 Å². The molecule has 0 fully saturated rings. The summed E-state index contributed by atoms with van der Waals surface area (Å²) in [4.78, 5) is 11.4. The van der Waals surface area contributed by atoms with Gasteiger partial charge < -0.3 is 0 Å². The molecule has 0 saturated heterocycles. The van der Waals surface area contributed by atoms with E-state index in [0.29, 0.717) is 18.6 Å². The van der Waals surface area contributed by atoms with Gasteiger partial charge in [-0.3, -0.25) is 4.79 Å². The van der Waals surface area contributed by atoms with Crippen LogP contribution in [0, 0.1) is 6.92 Å². The van der Waals surface area contributed by atoms with E-state index in [9.17, 15) is 4.79 Å². The van der Waals surface area contributed by atoms with Crippen molar-refractivity contribution in [1.82, 2.24) is 0 Å². The molecule has 0 aliphatic carbocycles. The minimum absolute atomic E-state index is 0.328. The fourth-order valence-electron chi connectivity index (χ4n) is 1.53. The van der Waals surface area contributed by atoms with Gasteiger partial charge in [0.1, 0.15) is 5.78 Å². The Bertz CT molecular complexity index is 344. The summed E-state index contributed by atoms with van der Waals surface area (Å²) in [5.41, 5.74) is 2.23. The van der Waals surface area contributed by atoms with Gasteiger partial charge >= 0.3 is 0 Å². The third kappa shape index (κ3) is 4.05. The van der Waals surface area contributed by atoms with E-state index in [0.717, 1.165) is 29.0 Å². The van der Waals surface area contributed by atoms with Gasteiger partial charge in [-0.05, 0) is 37.0 Å². The van der Waals surface area contributed by atoms with E-state index < -0.39 is 0 Å². The molecule has 82 valence electrons. The van der Waals surface area contributed by atoms with Crippen LogP contribution in [0.3, 0.4) is 0 Å². The smallest absolute Gasteiger partial charge is 0.133 e. The zero-order chi connectivity index (χ0) is 11.3. The SMILES string of the molecule is CCCC(=O)CCc1ccc(C)cc1Cl. The highest BCUT2D eigenvalue weighted by atomic mass is 35.5. The molecule has 1 aromatic carbocycles. The average Bonchev–Trinajstić information content (AvgIpc) is 2.17. The minimum atomic E-state index is 0.328. The van der Waals surface area contributed by atoms with Crippen LogP contribution in [0.15, 0.2) is 18.2 Å². The number of aryl methyl sites for hydroxylation is 2. The number of Topliss-reactive ketones (excluding diaryl/α,β-unsaturated/α-hetero) is 1. The lowest BCUT2D eigenvalue weighted by Crippen LogP contribution is -1.99. The Kier molecular flexibility index (Phi) is 4.83. The summed E-state index contributed by atoms with van der Waals surface area (Å²) in [5, 5.41) is 0.777. The molecule has 0 aliphatic heterocycles. The van der Waals surface area contributed by atoms with Crippen molar-refractivity contribution in [3.63, 3.8) is 0 Å². The van der Waals surface area contributed by atoms with Gasteiger partial charge in [-0.1, -0.05) is 30.7 Å². The number of hydrogen-bond donors (Lipinski definition) is 0. The van der Waals surface area contributed by atoms with Crippen LogP contribution in [0.4, 0.5) is 0 Å². The first-order chi connectivity index (χ1) is 7.13.